The van der Waals surface area contributed by atoms with E-state index >= 15 is 0 Å². The number of carboxylic acid groups (broad SMARTS) is 1. The number of nitrogens with zero attached hydrogens (tertiary/aromatic N) is 1. The van der Waals surface area contributed by atoms with Gasteiger partial charge in [-0.05, 0) is 36.3 Å². The molecule has 0 saturated heterocycles. The van der Waals surface area contributed by atoms with Crippen LogP contribution in [0.25, 0.3) is 6.08 Å². The molecule has 0 spiro atoms. The highest BCUT2D eigenvalue weighted by molar-refractivity contribution is 7.92. The van der Waals surface area contributed by atoms with E-state index in [4.69, 9.17) is 5.11 Å². The number of aromatic nitrogens is 1. The van der Waals surface area contributed by atoms with Crippen molar-refractivity contribution < 1.29 is 22.8 Å². The monoisotopic (exact) mass is 308 g/mol. The SMILES string of the molecule is Cc1cc(S(=O)(=O)Nc2cnoc2)ccc1C=CC(=O)O. The Bertz CT molecular complexity index is 779. The number of hydrogen-bond donors (Lipinski definition) is 2. The lowest BCUT2D eigenvalue weighted by Gasteiger charge is -2.07. The molecule has 110 valence electrons. The number of carboxylic acids is 1. The molecule has 0 saturated carbocycles. The minimum atomic E-state index is -3.74. The standard InChI is InChI=1S/C13H12N2O5S/c1-9-6-12(4-2-10(9)3-5-13(16)17)21(18,19)15-11-7-14-20-8-11/h2-8,15H,1H3,(H,16,17). The first kappa shape index (κ1) is 14.8. The van der Waals surface area contributed by atoms with Crippen molar-refractivity contribution in [2.75, 3.05) is 4.72 Å². The van der Waals surface area contributed by atoms with Gasteiger partial charge in [-0.3, -0.25) is 4.72 Å². The topological polar surface area (TPSA) is 110 Å². The van der Waals surface area contributed by atoms with Gasteiger partial charge < -0.3 is 9.63 Å². The third-order valence-corrected chi connectivity index (χ3v) is 4.02. The second-order valence-corrected chi connectivity index (χ2v) is 5.89. The Morgan fingerprint density at radius 2 is 2.19 bits per heavy atom. The molecule has 7 nitrogen and oxygen atoms in total. The summed E-state index contributed by atoms with van der Waals surface area (Å²) in [5, 5.41) is 12.0. The summed E-state index contributed by atoms with van der Waals surface area (Å²) in [5.74, 6) is -1.07. The fourth-order valence-corrected chi connectivity index (χ4v) is 2.74. The van der Waals surface area contributed by atoms with Gasteiger partial charge in [0.1, 0.15) is 12.0 Å². The predicted octanol–water partition coefficient (Wildman–Crippen LogP) is 1.88. The van der Waals surface area contributed by atoms with Crippen molar-refractivity contribution in [3.8, 4) is 0 Å². The maximum absolute atomic E-state index is 12.1. The van der Waals surface area contributed by atoms with E-state index in [1.807, 2.05) is 0 Å². The average molecular weight is 308 g/mol. The molecule has 2 N–H and O–H groups in total. The Kier molecular flexibility index (Phi) is 4.08. The van der Waals surface area contributed by atoms with Crippen molar-refractivity contribution in [3.05, 3.63) is 47.9 Å². The summed E-state index contributed by atoms with van der Waals surface area (Å²) < 4.78 is 31.1. The molecular weight excluding hydrogens is 296 g/mol. The highest BCUT2D eigenvalue weighted by atomic mass is 32.2. The van der Waals surface area contributed by atoms with Crippen LogP contribution in [-0.2, 0) is 14.8 Å². The van der Waals surface area contributed by atoms with Crippen LogP contribution in [0, 0.1) is 6.92 Å². The fourth-order valence-electron chi connectivity index (χ4n) is 1.63. The summed E-state index contributed by atoms with van der Waals surface area (Å²) in [6.45, 7) is 1.69. The smallest absolute Gasteiger partial charge is 0.328 e. The molecule has 1 heterocycles. The molecule has 0 unspecified atom stereocenters. The van der Waals surface area contributed by atoms with Crippen LogP contribution in [0.4, 0.5) is 5.69 Å². The van der Waals surface area contributed by atoms with Gasteiger partial charge in [0.2, 0.25) is 0 Å². The van der Waals surface area contributed by atoms with Crippen LogP contribution in [0.2, 0.25) is 0 Å². The third kappa shape index (κ3) is 3.69. The van der Waals surface area contributed by atoms with Gasteiger partial charge in [-0.1, -0.05) is 11.2 Å². The minimum absolute atomic E-state index is 0.0636. The summed E-state index contributed by atoms with van der Waals surface area (Å²) in [5.41, 5.74) is 1.49. The molecule has 0 aliphatic heterocycles. The number of aliphatic carboxylic acids is 1. The molecule has 0 aliphatic carbocycles. The second kappa shape index (κ2) is 5.80. The maximum atomic E-state index is 12.1. The van der Waals surface area contributed by atoms with Crippen LogP contribution in [0.3, 0.4) is 0 Å². The summed E-state index contributed by atoms with van der Waals surface area (Å²) in [7, 11) is -3.74. The molecule has 2 rings (SSSR count). The van der Waals surface area contributed by atoms with E-state index < -0.39 is 16.0 Å². The van der Waals surface area contributed by atoms with Crippen molar-refractivity contribution in [1.82, 2.24) is 5.16 Å². The van der Waals surface area contributed by atoms with Gasteiger partial charge in [0, 0.05) is 6.08 Å². The van der Waals surface area contributed by atoms with Crippen LogP contribution in [-0.4, -0.2) is 24.7 Å². The van der Waals surface area contributed by atoms with Crippen LogP contribution >= 0.6 is 0 Å². The number of carbonyl (C=O) groups is 1. The van der Waals surface area contributed by atoms with Crippen LogP contribution in [0.5, 0.6) is 0 Å². The van der Waals surface area contributed by atoms with Crippen LogP contribution in [0.1, 0.15) is 11.1 Å². The zero-order valence-corrected chi connectivity index (χ0v) is 11.8. The van der Waals surface area contributed by atoms with Gasteiger partial charge >= 0.3 is 5.97 Å². The highest BCUT2D eigenvalue weighted by Gasteiger charge is 2.15. The van der Waals surface area contributed by atoms with E-state index in [0.29, 0.717) is 11.1 Å². The first-order chi connectivity index (χ1) is 9.88. The Hall–Kier alpha value is -2.61. The lowest BCUT2D eigenvalue weighted by molar-refractivity contribution is -0.131. The minimum Gasteiger partial charge on any atom is -0.478 e. The molecule has 1 aromatic heterocycles. The number of nitrogens with one attached hydrogen (secondary N) is 1. The Morgan fingerprint density at radius 3 is 2.76 bits per heavy atom. The summed E-state index contributed by atoms with van der Waals surface area (Å²) in [4.78, 5) is 10.5. The Labute approximate surface area is 120 Å². The van der Waals surface area contributed by atoms with E-state index in [0.717, 1.165) is 6.08 Å². The van der Waals surface area contributed by atoms with Gasteiger partial charge in [-0.25, -0.2) is 13.2 Å². The number of anilines is 1. The van der Waals surface area contributed by atoms with E-state index in [2.05, 4.69) is 14.4 Å². The van der Waals surface area contributed by atoms with Gasteiger partial charge in [0.25, 0.3) is 10.0 Å². The lowest BCUT2D eigenvalue weighted by Crippen LogP contribution is -2.12. The molecule has 2 aromatic rings. The number of rotatable bonds is 5. The quantitative estimate of drug-likeness (QED) is 0.816. The van der Waals surface area contributed by atoms with Gasteiger partial charge in [0.15, 0.2) is 0 Å². The first-order valence-corrected chi connectivity index (χ1v) is 7.31. The molecular formula is C13H12N2O5S. The predicted molar refractivity (Wildman–Crippen MR) is 75.2 cm³/mol. The van der Waals surface area contributed by atoms with E-state index in [1.54, 1.807) is 6.92 Å². The molecule has 0 bridgehead atoms. The van der Waals surface area contributed by atoms with Crippen molar-refractivity contribution >= 4 is 27.8 Å². The average Bonchev–Trinajstić information content (AvgIpc) is 2.89. The zero-order valence-electron chi connectivity index (χ0n) is 11.0. The normalized spacial score (nSPS) is 11.7. The van der Waals surface area contributed by atoms with Crippen molar-refractivity contribution in [2.24, 2.45) is 0 Å². The number of benzene rings is 1. The third-order valence-electron chi connectivity index (χ3n) is 2.64. The van der Waals surface area contributed by atoms with E-state index in [9.17, 15) is 13.2 Å². The van der Waals surface area contributed by atoms with E-state index in [-0.39, 0.29) is 10.6 Å². The summed E-state index contributed by atoms with van der Waals surface area (Å²) in [6.07, 6.45) is 4.82. The lowest BCUT2D eigenvalue weighted by atomic mass is 10.1. The molecule has 21 heavy (non-hydrogen) atoms. The molecule has 0 fully saturated rings. The molecule has 0 atom stereocenters. The van der Waals surface area contributed by atoms with Crippen molar-refractivity contribution in [3.63, 3.8) is 0 Å². The second-order valence-electron chi connectivity index (χ2n) is 4.21. The van der Waals surface area contributed by atoms with Gasteiger partial charge in [-0.2, -0.15) is 0 Å². The number of sulfonamides is 1. The first-order valence-electron chi connectivity index (χ1n) is 5.82. The zero-order chi connectivity index (χ0) is 15.5. The maximum Gasteiger partial charge on any atom is 0.328 e. The summed E-state index contributed by atoms with van der Waals surface area (Å²) in [6, 6.07) is 4.39. The molecule has 0 aliphatic rings. The van der Waals surface area contributed by atoms with Crippen molar-refractivity contribution in [1.29, 1.82) is 0 Å². The Balaban J connectivity index is 2.29. The Morgan fingerprint density at radius 1 is 1.43 bits per heavy atom. The van der Waals surface area contributed by atoms with Crippen LogP contribution in [0.15, 0.2) is 46.2 Å². The number of aryl methyl sites for hydroxylation is 1. The molecule has 0 amide bonds. The largest absolute Gasteiger partial charge is 0.478 e. The van der Waals surface area contributed by atoms with E-state index in [1.165, 1.54) is 36.7 Å². The fraction of sp³-hybridized carbons (Fsp3) is 0.0769. The van der Waals surface area contributed by atoms with Crippen molar-refractivity contribution in [2.45, 2.75) is 11.8 Å². The summed E-state index contributed by atoms with van der Waals surface area (Å²) >= 11 is 0. The molecule has 1 aromatic carbocycles. The molecule has 8 heteroatoms. The van der Waals surface area contributed by atoms with Gasteiger partial charge in [-0.15, -0.1) is 0 Å². The van der Waals surface area contributed by atoms with Gasteiger partial charge in [0.05, 0.1) is 11.1 Å². The number of hydrogen-bond acceptors (Lipinski definition) is 5. The van der Waals surface area contributed by atoms with Crippen LogP contribution < -0.4 is 4.72 Å². The highest BCUT2D eigenvalue weighted by Crippen LogP contribution is 2.19. The molecule has 0 radical (unpaired) electrons.